The Morgan fingerprint density at radius 1 is 1.35 bits per heavy atom. The van der Waals surface area contributed by atoms with E-state index in [1.807, 2.05) is 0 Å². The number of ether oxygens (including phenoxy) is 1. The molecule has 1 aromatic carbocycles. The van der Waals surface area contributed by atoms with E-state index in [0.29, 0.717) is 23.0 Å². The smallest absolute Gasteiger partial charge is 0.336 e. The maximum Gasteiger partial charge on any atom is 0.336 e. The minimum Gasteiger partial charge on any atom is -0.486 e. The molecule has 1 saturated carbocycles. The number of hydrogen-bond donors (Lipinski definition) is 1. The van der Waals surface area contributed by atoms with Crippen molar-refractivity contribution in [2.75, 3.05) is 0 Å². The van der Waals surface area contributed by atoms with Crippen LogP contribution in [0.4, 0.5) is 0 Å². The van der Waals surface area contributed by atoms with E-state index in [9.17, 15) is 9.59 Å². The van der Waals surface area contributed by atoms with Crippen LogP contribution in [0.15, 0.2) is 22.6 Å². The zero-order valence-corrected chi connectivity index (χ0v) is 10.8. The summed E-state index contributed by atoms with van der Waals surface area (Å²) in [5.41, 5.74) is 0.439. The van der Waals surface area contributed by atoms with E-state index in [2.05, 4.69) is 0 Å². The van der Waals surface area contributed by atoms with Gasteiger partial charge in [0.2, 0.25) is 0 Å². The highest BCUT2D eigenvalue weighted by atomic mass is 16.5. The highest BCUT2D eigenvalue weighted by molar-refractivity contribution is 6.05. The van der Waals surface area contributed by atoms with Gasteiger partial charge in [-0.25, -0.2) is 4.79 Å². The zero-order chi connectivity index (χ0) is 14.1. The maximum absolute atomic E-state index is 11.2. The molecular formula is C15H14O5. The molecule has 0 aliphatic heterocycles. The van der Waals surface area contributed by atoms with Crippen LogP contribution >= 0.6 is 0 Å². The lowest BCUT2D eigenvalue weighted by atomic mass is 10.1. The molecule has 2 aromatic rings. The van der Waals surface area contributed by atoms with Crippen molar-refractivity contribution >= 4 is 23.2 Å². The first-order chi connectivity index (χ1) is 9.69. The Morgan fingerprint density at radius 3 is 2.75 bits per heavy atom. The fourth-order valence-corrected chi connectivity index (χ4v) is 2.64. The van der Waals surface area contributed by atoms with Gasteiger partial charge in [0.1, 0.15) is 0 Å². The number of aldehydes is 1. The molecule has 1 aliphatic rings. The molecule has 0 bridgehead atoms. The fourth-order valence-electron chi connectivity index (χ4n) is 2.64. The zero-order valence-electron chi connectivity index (χ0n) is 10.8. The highest BCUT2D eigenvalue weighted by Crippen LogP contribution is 2.34. The Hall–Kier alpha value is -2.30. The minimum absolute atomic E-state index is 0.102. The molecule has 0 unspecified atom stereocenters. The van der Waals surface area contributed by atoms with E-state index >= 15 is 0 Å². The van der Waals surface area contributed by atoms with E-state index in [4.69, 9.17) is 14.3 Å². The van der Waals surface area contributed by atoms with Crippen molar-refractivity contribution < 1.29 is 23.8 Å². The Kier molecular flexibility index (Phi) is 3.18. The predicted molar refractivity (Wildman–Crippen MR) is 71.4 cm³/mol. The summed E-state index contributed by atoms with van der Waals surface area (Å²) >= 11 is 0. The largest absolute Gasteiger partial charge is 0.486 e. The second-order valence-electron chi connectivity index (χ2n) is 4.95. The van der Waals surface area contributed by atoms with Crippen LogP contribution in [0.5, 0.6) is 5.75 Å². The number of hydrogen-bond acceptors (Lipinski definition) is 4. The first-order valence-electron chi connectivity index (χ1n) is 6.60. The summed E-state index contributed by atoms with van der Waals surface area (Å²) in [6.45, 7) is 0. The Balaban J connectivity index is 2.08. The number of carboxylic acids is 1. The molecule has 0 spiro atoms. The van der Waals surface area contributed by atoms with Crippen molar-refractivity contribution in [2.45, 2.75) is 31.8 Å². The van der Waals surface area contributed by atoms with E-state index in [-0.39, 0.29) is 17.4 Å². The third-order valence-electron chi connectivity index (χ3n) is 3.61. The van der Waals surface area contributed by atoms with Crippen LogP contribution in [0, 0.1) is 0 Å². The van der Waals surface area contributed by atoms with E-state index in [0.717, 1.165) is 25.7 Å². The topological polar surface area (TPSA) is 76.7 Å². The molecule has 0 atom stereocenters. The van der Waals surface area contributed by atoms with Crippen molar-refractivity contribution in [2.24, 2.45) is 0 Å². The molecule has 1 aromatic heterocycles. The molecule has 3 rings (SSSR count). The standard InChI is InChI=1S/C15H14O5/c16-8-10-7-12-11(15(17)18)5-6-13(14(12)20-10)19-9-3-1-2-4-9/h5-9H,1-4H2,(H,17,18). The van der Waals surface area contributed by atoms with Crippen LogP contribution in [0.2, 0.25) is 0 Å². The lowest BCUT2D eigenvalue weighted by Crippen LogP contribution is -2.11. The van der Waals surface area contributed by atoms with Gasteiger partial charge >= 0.3 is 5.97 Å². The molecular weight excluding hydrogens is 260 g/mol. The van der Waals surface area contributed by atoms with Crippen molar-refractivity contribution in [3.63, 3.8) is 0 Å². The summed E-state index contributed by atoms with van der Waals surface area (Å²) in [6.07, 6.45) is 4.95. The van der Waals surface area contributed by atoms with Gasteiger partial charge in [-0.05, 0) is 43.9 Å². The summed E-state index contributed by atoms with van der Waals surface area (Å²) in [6, 6.07) is 4.52. The normalized spacial score (nSPS) is 15.6. The summed E-state index contributed by atoms with van der Waals surface area (Å²) in [5.74, 6) is -0.448. The third-order valence-corrected chi connectivity index (χ3v) is 3.61. The number of fused-ring (bicyclic) bond motifs is 1. The number of carbonyl (C=O) groups is 2. The van der Waals surface area contributed by atoms with Gasteiger partial charge in [-0.15, -0.1) is 0 Å². The molecule has 1 heterocycles. The van der Waals surface area contributed by atoms with Crippen LogP contribution in [0.1, 0.15) is 46.6 Å². The van der Waals surface area contributed by atoms with Crippen LogP contribution < -0.4 is 4.74 Å². The average molecular weight is 274 g/mol. The van der Waals surface area contributed by atoms with Gasteiger partial charge in [-0.3, -0.25) is 4.79 Å². The van der Waals surface area contributed by atoms with Gasteiger partial charge in [-0.2, -0.15) is 0 Å². The quantitative estimate of drug-likeness (QED) is 0.866. The summed E-state index contributed by atoms with van der Waals surface area (Å²) in [4.78, 5) is 22.0. The number of carboxylic acid groups (broad SMARTS) is 1. The Bertz CT molecular complexity index is 664. The average Bonchev–Trinajstić information content (AvgIpc) is 3.07. The molecule has 1 fully saturated rings. The van der Waals surface area contributed by atoms with Crippen LogP contribution in [-0.2, 0) is 0 Å². The first-order valence-corrected chi connectivity index (χ1v) is 6.60. The minimum atomic E-state index is -1.05. The monoisotopic (exact) mass is 274 g/mol. The molecule has 20 heavy (non-hydrogen) atoms. The van der Waals surface area contributed by atoms with Crippen LogP contribution in [-0.4, -0.2) is 23.5 Å². The molecule has 5 nitrogen and oxygen atoms in total. The second kappa shape index (κ2) is 5.00. The first kappa shape index (κ1) is 12.7. The van der Waals surface area contributed by atoms with Crippen LogP contribution in [0.25, 0.3) is 11.0 Å². The highest BCUT2D eigenvalue weighted by Gasteiger charge is 2.21. The molecule has 0 saturated heterocycles. The van der Waals surface area contributed by atoms with Crippen molar-refractivity contribution in [1.29, 1.82) is 0 Å². The second-order valence-corrected chi connectivity index (χ2v) is 4.95. The van der Waals surface area contributed by atoms with Gasteiger partial charge < -0.3 is 14.3 Å². The van der Waals surface area contributed by atoms with E-state index in [1.54, 1.807) is 6.07 Å². The number of carbonyl (C=O) groups excluding carboxylic acids is 1. The van der Waals surface area contributed by atoms with Crippen molar-refractivity contribution in [1.82, 2.24) is 0 Å². The van der Waals surface area contributed by atoms with Gasteiger partial charge in [0.05, 0.1) is 11.7 Å². The van der Waals surface area contributed by atoms with E-state index in [1.165, 1.54) is 12.1 Å². The maximum atomic E-state index is 11.2. The predicted octanol–water partition coefficient (Wildman–Crippen LogP) is 3.26. The third kappa shape index (κ3) is 2.15. The Labute approximate surface area is 115 Å². The summed E-state index contributed by atoms with van der Waals surface area (Å²) < 4.78 is 11.3. The van der Waals surface area contributed by atoms with Crippen molar-refractivity contribution in [3.8, 4) is 5.75 Å². The van der Waals surface area contributed by atoms with Crippen LogP contribution in [0.3, 0.4) is 0 Å². The summed E-state index contributed by atoms with van der Waals surface area (Å²) in [7, 11) is 0. The van der Waals surface area contributed by atoms with Gasteiger partial charge in [0.25, 0.3) is 0 Å². The lowest BCUT2D eigenvalue weighted by molar-refractivity contribution is 0.0699. The van der Waals surface area contributed by atoms with Crippen molar-refractivity contribution in [3.05, 3.63) is 29.5 Å². The number of rotatable bonds is 4. The van der Waals surface area contributed by atoms with Gasteiger partial charge in [0, 0.05) is 5.39 Å². The molecule has 1 aliphatic carbocycles. The summed E-state index contributed by atoms with van der Waals surface area (Å²) in [5, 5.41) is 9.57. The number of furan rings is 1. The number of aromatic carboxylic acids is 1. The molecule has 0 amide bonds. The molecule has 1 N–H and O–H groups in total. The molecule has 5 heteroatoms. The fraction of sp³-hybridized carbons (Fsp3) is 0.333. The number of benzene rings is 1. The van der Waals surface area contributed by atoms with E-state index < -0.39 is 5.97 Å². The molecule has 104 valence electrons. The Morgan fingerprint density at radius 2 is 2.10 bits per heavy atom. The van der Waals surface area contributed by atoms with Gasteiger partial charge in [-0.1, -0.05) is 0 Å². The molecule has 0 radical (unpaired) electrons. The lowest BCUT2D eigenvalue weighted by Gasteiger charge is -2.13. The SMILES string of the molecule is O=Cc1cc2c(C(=O)O)ccc(OC3CCCC3)c2o1. The van der Waals surface area contributed by atoms with Gasteiger partial charge in [0.15, 0.2) is 23.4 Å².